The number of ether oxygens (including phenoxy) is 2. The fourth-order valence-corrected chi connectivity index (χ4v) is 3.36. The fourth-order valence-electron chi connectivity index (χ4n) is 3.36. The van der Waals surface area contributed by atoms with Crippen molar-refractivity contribution in [3.63, 3.8) is 0 Å². The van der Waals surface area contributed by atoms with E-state index >= 15 is 0 Å². The molecule has 3 heterocycles. The van der Waals surface area contributed by atoms with E-state index < -0.39 is 6.10 Å². The molecule has 3 unspecified atom stereocenters. The molecule has 3 aliphatic rings. The zero-order chi connectivity index (χ0) is 15.6. The summed E-state index contributed by atoms with van der Waals surface area (Å²) in [5.41, 5.74) is 1.91. The number of nitrogens with one attached hydrogen (secondary N) is 1. The van der Waals surface area contributed by atoms with E-state index in [-0.39, 0.29) is 17.9 Å². The zero-order valence-corrected chi connectivity index (χ0v) is 12.2. The summed E-state index contributed by atoms with van der Waals surface area (Å²) in [7, 11) is 0. The number of benzene rings is 1. The minimum Gasteiger partial charge on any atom is -0.487 e. The number of nitrogens with zero attached hydrogens (tertiary/aromatic N) is 1. The van der Waals surface area contributed by atoms with Gasteiger partial charge in [0.05, 0.1) is 5.92 Å². The summed E-state index contributed by atoms with van der Waals surface area (Å²) in [6.07, 6.45) is 2.17. The van der Waals surface area contributed by atoms with Crippen LogP contribution >= 0.6 is 0 Å². The molecule has 1 fully saturated rings. The number of fused-ring (bicyclic) bond motifs is 4. The smallest absolute Gasteiger partial charge is 0.225 e. The number of aliphatic hydroxyl groups excluding tert-OH is 1. The number of aromatic nitrogens is 1. The summed E-state index contributed by atoms with van der Waals surface area (Å²) < 4.78 is 11.6. The molecule has 2 aliphatic heterocycles. The topological polar surface area (TPSA) is 80.7 Å². The van der Waals surface area contributed by atoms with Gasteiger partial charge in [-0.1, -0.05) is 0 Å². The lowest BCUT2D eigenvalue weighted by molar-refractivity contribution is -0.116. The average Bonchev–Trinajstić information content (AvgIpc) is 3.02. The molecule has 6 nitrogen and oxygen atoms in total. The Hall–Kier alpha value is -2.60. The highest BCUT2D eigenvalue weighted by Gasteiger charge is 2.58. The number of carbonyl (C=O) groups is 1. The van der Waals surface area contributed by atoms with Gasteiger partial charge in [-0.25, -0.2) is 4.98 Å². The normalized spacial score (nSPS) is 26.5. The number of hydrogen-bond acceptors (Lipinski definition) is 5. The van der Waals surface area contributed by atoms with Crippen LogP contribution < -0.4 is 14.8 Å². The van der Waals surface area contributed by atoms with E-state index in [1.807, 2.05) is 18.2 Å². The molecule has 0 radical (unpaired) electrons. The van der Waals surface area contributed by atoms with Crippen LogP contribution in [0, 0.1) is 0 Å². The Morgan fingerprint density at radius 3 is 3.13 bits per heavy atom. The highest BCUT2D eigenvalue weighted by Crippen LogP contribution is 2.54. The predicted octanol–water partition coefficient (Wildman–Crippen LogP) is 1.98. The average molecular weight is 310 g/mol. The Morgan fingerprint density at radius 1 is 1.30 bits per heavy atom. The van der Waals surface area contributed by atoms with E-state index in [1.54, 1.807) is 12.3 Å². The van der Waals surface area contributed by atoms with E-state index in [2.05, 4.69) is 10.3 Å². The summed E-state index contributed by atoms with van der Waals surface area (Å²) in [6.45, 7) is 0. The van der Waals surface area contributed by atoms with Gasteiger partial charge in [-0.3, -0.25) is 4.79 Å². The van der Waals surface area contributed by atoms with Gasteiger partial charge >= 0.3 is 0 Å². The number of pyridine rings is 1. The van der Waals surface area contributed by atoms with Crippen LogP contribution in [0.25, 0.3) is 0 Å². The third-order valence-electron chi connectivity index (χ3n) is 4.62. The first-order chi connectivity index (χ1) is 11.2. The number of aliphatic hydroxyl groups is 1. The molecule has 116 valence electrons. The highest BCUT2D eigenvalue weighted by molar-refractivity contribution is 5.93. The lowest BCUT2D eigenvalue weighted by Crippen LogP contribution is -2.20. The van der Waals surface area contributed by atoms with Gasteiger partial charge in [-0.05, 0) is 30.7 Å². The van der Waals surface area contributed by atoms with Crippen LogP contribution in [0.15, 0.2) is 30.5 Å². The Balaban J connectivity index is 1.47. The second kappa shape index (κ2) is 4.45. The zero-order valence-electron chi connectivity index (χ0n) is 12.2. The number of hydrogen-bond donors (Lipinski definition) is 2. The number of anilines is 1. The van der Waals surface area contributed by atoms with Crippen molar-refractivity contribution in [2.75, 3.05) is 5.32 Å². The minimum atomic E-state index is -0.401. The van der Waals surface area contributed by atoms with Crippen molar-refractivity contribution in [2.45, 2.75) is 31.0 Å². The Morgan fingerprint density at radius 2 is 2.22 bits per heavy atom. The van der Waals surface area contributed by atoms with Crippen molar-refractivity contribution in [3.05, 3.63) is 41.6 Å². The summed E-state index contributed by atoms with van der Waals surface area (Å²) in [6, 6.07) is 7.45. The van der Waals surface area contributed by atoms with Crippen LogP contribution in [-0.2, 0) is 11.2 Å². The fraction of sp³-hybridized carbons (Fsp3) is 0.294. The van der Waals surface area contributed by atoms with E-state index in [4.69, 9.17) is 9.47 Å². The van der Waals surface area contributed by atoms with Crippen LogP contribution in [0.1, 0.15) is 23.5 Å². The van der Waals surface area contributed by atoms with Crippen molar-refractivity contribution in [1.82, 2.24) is 4.98 Å². The van der Waals surface area contributed by atoms with Gasteiger partial charge in [0.2, 0.25) is 5.91 Å². The van der Waals surface area contributed by atoms with Crippen molar-refractivity contribution in [1.29, 1.82) is 0 Å². The van der Waals surface area contributed by atoms with Crippen LogP contribution in [0.3, 0.4) is 0 Å². The maximum Gasteiger partial charge on any atom is 0.225 e. The van der Waals surface area contributed by atoms with Gasteiger partial charge in [0.15, 0.2) is 0 Å². The first kappa shape index (κ1) is 12.9. The second-order valence-corrected chi connectivity index (χ2v) is 6.08. The van der Waals surface area contributed by atoms with Crippen LogP contribution in [0.5, 0.6) is 17.2 Å². The van der Waals surface area contributed by atoms with E-state index in [1.165, 1.54) is 0 Å². The molecule has 1 amide bonds. The van der Waals surface area contributed by atoms with Gasteiger partial charge in [-0.2, -0.15) is 0 Å². The largest absolute Gasteiger partial charge is 0.487 e. The Labute approximate surface area is 132 Å². The van der Waals surface area contributed by atoms with Crippen molar-refractivity contribution in [3.8, 4) is 17.2 Å². The second-order valence-electron chi connectivity index (χ2n) is 6.08. The molecule has 3 atom stereocenters. The molecule has 1 saturated carbocycles. The molecule has 1 aromatic heterocycles. The summed E-state index contributed by atoms with van der Waals surface area (Å²) in [4.78, 5) is 15.7. The van der Waals surface area contributed by atoms with Gasteiger partial charge in [0.1, 0.15) is 35.3 Å². The van der Waals surface area contributed by atoms with Crippen molar-refractivity contribution < 1.29 is 19.4 Å². The summed E-state index contributed by atoms with van der Waals surface area (Å²) >= 11 is 0. The standard InChI is InChI=1S/C17H14N2O4/c20-13-4-2-9-12(5-6-18-17(9)19-13)22-8-1-3-11-10(7-8)14-15(21)16(14)23-11/h1,3,5-7,14-16,21H,2,4H2,(H,18,19,20). The van der Waals surface area contributed by atoms with Gasteiger partial charge in [-0.15, -0.1) is 0 Å². The molecule has 6 heteroatoms. The quantitative estimate of drug-likeness (QED) is 0.886. The Bertz CT molecular complexity index is 835. The monoisotopic (exact) mass is 310 g/mol. The van der Waals surface area contributed by atoms with Crippen LogP contribution in [-0.4, -0.2) is 28.2 Å². The highest BCUT2D eigenvalue weighted by atomic mass is 16.5. The van der Waals surface area contributed by atoms with Crippen LogP contribution in [0.2, 0.25) is 0 Å². The van der Waals surface area contributed by atoms with Crippen LogP contribution in [0.4, 0.5) is 5.82 Å². The Kier molecular flexibility index (Phi) is 2.50. The van der Waals surface area contributed by atoms with Gasteiger partial charge in [0, 0.05) is 23.7 Å². The van der Waals surface area contributed by atoms with E-state index in [9.17, 15) is 9.90 Å². The molecule has 1 aliphatic carbocycles. The third-order valence-corrected chi connectivity index (χ3v) is 4.62. The number of carbonyl (C=O) groups excluding carboxylic acids is 1. The predicted molar refractivity (Wildman–Crippen MR) is 80.9 cm³/mol. The molecule has 1 aromatic carbocycles. The van der Waals surface area contributed by atoms with E-state index in [0.29, 0.717) is 30.2 Å². The number of amides is 1. The van der Waals surface area contributed by atoms with Crippen molar-refractivity contribution in [2.24, 2.45) is 0 Å². The molecule has 0 bridgehead atoms. The summed E-state index contributed by atoms with van der Waals surface area (Å²) in [5, 5.41) is 12.5. The molecule has 2 aromatic rings. The van der Waals surface area contributed by atoms with E-state index in [0.717, 1.165) is 16.9 Å². The molecule has 0 spiro atoms. The molecule has 2 N–H and O–H groups in total. The van der Waals surface area contributed by atoms with Gasteiger partial charge < -0.3 is 19.9 Å². The summed E-state index contributed by atoms with van der Waals surface area (Å²) in [5.74, 6) is 2.83. The first-order valence-corrected chi connectivity index (χ1v) is 7.65. The maximum atomic E-state index is 11.5. The molecule has 23 heavy (non-hydrogen) atoms. The maximum absolute atomic E-state index is 11.5. The lowest BCUT2D eigenvalue weighted by atomic mass is 10.1. The van der Waals surface area contributed by atoms with Crippen molar-refractivity contribution >= 4 is 11.7 Å². The lowest BCUT2D eigenvalue weighted by Gasteiger charge is -2.19. The first-order valence-electron chi connectivity index (χ1n) is 7.65. The SMILES string of the molecule is O=C1CCc2c(Oc3ccc4c(c3)C3C(O)C3O4)ccnc2N1. The molecule has 5 rings (SSSR count). The third kappa shape index (κ3) is 1.91. The molecular formula is C17H14N2O4. The number of rotatable bonds is 2. The minimum absolute atomic E-state index is 0.0226. The molecule has 0 saturated heterocycles. The van der Waals surface area contributed by atoms with Gasteiger partial charge in [0.25, 0.3) is 0 Å². The molecular weight excluding hydrogens is 296 g/mol.